The van der Waals surface area contributed by atoms with Crippen LogP contribution in [0.15, 0.2) is 24.3 Å². The van der Waals surface area contributed by atoms with E-state index in [2.05, 4.69) is 26.1 Å². The van der Waals surface area contributed by atoms with Crippen LogP contribution in [-0.4, -0.2) is 93.7 Å². The Morgan fingerprint density at radius 2 is 1.79 bits per heavy atom. The zero-order valence-corrected chi connectivity index (χ0v) is 27.1. The second kappa shape index (κ2) is 12.3. The van der Waals surface area contributed by atoms with Crippen molar-refractivity contribution in [1.29, 1.82) is 0 Å². The van der Waals surface area contributed by atoms with Gasteiger partial charge in [-0.2, -0.15) is 0 Å². The average molecular weight is 602 g/mol. The van der Waals surface area contributed by atoms with Crippen molar-refractivity contribution in [2.75, 3.05) is 19.7 Å². The second-order valence-corrected chi connectivity index (χ2v) is 15.0. The molecule has 2 saturated heterocycles. The zero-order valence-electron chi connectivity index (χ0n) is 27.1. The van der Waals surface area contributed by atoms with Gasteiger partial charge in [-0.3, -0.25) is 19.2 Å². The summed E-state index contributed by atoms with van der Waals surface area (Å²) < 4.78 is 12.5. The fraction of sp³-hybridized carbons (Fsp3) is 0.758. The summed E-state index contributed by atoms with van der Waals surface area (Å²) in [6.45, 7) is 16.4. The van der Waals surface area contributed by atoms with Gasteiger partial charge in [-0.25, -0.2) is 0 Å². The molecule has 4 aliphatic rings. The number of hydrogen-bond acceptors (Lipinski definition) is 7. The molecule has 0 aromatic carbocycles. The lowest BCUT2D eigenvalue weighted by Gasteiger charge is -2.45. The number of carbonyl (C=O) groups excluding carboxylic acids is 4. The highest BCUT2D eigenvalue weighted by molar-refractivity contribution is 5.99. The SMILES string of the molecule is CC(C)C[C@H](CO)N1C(=O)[C@H]2[C@@H]3C(=O)O[C@@H](C)CNC(=O)CC/C=C\[C@@H]3O[C@]23C=CCN(C(C)(C)CC(C)(C)C)C(=O)[C@H]13. The van der Waals surface area contributed by atoms with Crippen LogP contribution in [0.2, 0.25) is 0 Å². The fourth-order valence-electron chi connectivity index (χ4n) is 7.75. The first-order valence-electron chi connectivity index (χ1n) is 15.8. The van der Waals surface area contributed by atoms with Crippen molar-refractivity contribution in [3.8, 4) is 0 Å². The Kier molecular flexibility index (Phi) is 9.53. The van der Waals surface area contributed by atoms with E-state index in [1.54, 1.807) is 19.1 Å². The first kappa shape index (κ1) is 33.2. The van der Waals surface area contributed by atoms with Gasteiger partial charge in [0.25, 0.3) is 0 Å². The van der Waals surface area contributed by atoms with E-state index in [1.165, 1.54) is 4.90 Å². The molecule has 4 heterocycles. The molecule has 4 rings (SSSR count). The number of carbonyl (C=O) groups is 4. The number of ether oxygens (including phenoxy) is 2. The molecule has 7 atom stereocenters. The Labute approximate surface area is 256 Å². The van der Waals surface area contributed by atoms with Crippen LogP contribution in [-0.2, 0) is 28.7 Å². The number of aliphatic hydroxyl groups is 1. The predicted molar refractivity (Wildman–Crippen MR) is 161 cm³/mol. The van der Waals surface area contributed by atoms with Gasteiger partial charge in [-0.15, -0.1) is 0 Å². The molecule has 240 valence electrons. The molecule has 10 heteroatoms. The maximum Gasteiger partial charge on any atom is 0.313 e. The summed E-state index contributed by atoms with van der Waals surface area (Å²) in [6.07, 6.45) is 7.69. The number of likely N-dealkylation sites (tertiary alicyclic amines) is 1. The van der Waals surface area contributed by atoms with Crippen molar-refractivity contribution in [2.24, 2.45) is 23.2 Å². The van der Waals surface area contributed by atoms with E-state index in [0.29, 0.717) is 19.4 Å². The fourth-order valence-corrected chi connectivity index (χ4v) is 7.75. The number of nitrogens with zero attached hydrogens (tertiary/aromatic N) is 2. The number of esters is 1. The van der Waals surface area contributed by atoms with Gasteiger partial charge in [0.2, 0.25) is 17.7 Å². The monoisotopic (exact) mass is 601 g/mol. The van der Waals surface area contributed by atoms with Crippen molar-refractivity contribution >= 4 is 23.7 Å². The Balaban J connectivity index is 1.85. The molecule has 0 aromatic rings. The Morgan fingerprint density at radius 3 is 2.42 bits per heavy atom. The lowest BCUT2D eigenvalue weighted by atomic mass is 9.77. The molecule has 2 N–H and O–H groups in total. The van der Waals surface area contributed by atoms with Crippen LogP contribution in [0.3, 0.4) is 0 Å². The summed E-state index contributed by atoms with van der Waals surface area (Å²) in [6, 6.07) is -1.69. The smallest absolute Gasteiger partial charge is 0.313 e. The van der Waals surface area contributed by atoms with Gasteiger partial charge in [0.15, 0.2) is 0 Å². The van der Waals surface area contributed by atoms with Crippen LogP contribution in [0.4, 0.5) is 0 Å². The van der Waals surface area contributed by atoms with Gasteiger partial charge in [-0.1, -0.05) is 58.9 Å². The number of amides is 3. The van der Waals surface area contributed by atoms with Crippen molar-refractivity contribution in [3.63, 3.8) is 0 Å². The highest BCUT2D eigenvalue weighted by Gasteiger charge is 2.73. The largest absolute Gasteiger partial charge is 0.460 e. The van der Waals surface area contributed by atoms with Crippen LogP contribution >= 0.6 is 0 Å². The molecule has 0 unspecified atom stereocenters. The molecular formula is C33H51N3O7. The molecule has 3 amide bonds. The third-order valence-electron chi connectivity index (χ3n) is 9.01. The molecular weight excluding hydrogens is 550 g/mol. The van der Waals surface area contributed by atoms with E-state index in [9.17, 15) is 24.3 Å². The van der Waals surface area contributed by atoms with Gasteiger partial charge in [0, 0.05) is 18.5 Å². The van der Waals surface area contributed by atoms with E-state index >= 15 is 0 Å². The number of hydrogen-bond donors (Lipinski definition) is 2. The van der Waals surface area contributed by atoms with E-state index < -0.39 is 53.2 Å². The molecule has 0 aliphatic carbocycles. The van der Waals surface area contributed by atoms with Gasteiger partial charge in [0.1, 0.15) is 23.7 Å². The third-order valence-corrected chi connectivity index (χ3v) is 9.01. The van der Waals surface area contributed by atoms with Gasteiger partial charge in [0.05, 0.1) is 31.2 Å². The quantitative estimate of drug-likeness (QED) is 0.354. The highest BCUT2D eigenvalue weighted by atomic mass is 16.6. The highest BCUT2D eigenvalue weighted by Crippen LogP contribution is 2.54. The molecule has 0 saturated carbocycles. The second-order valence-electron chi connectivity index (χ2n) is 15.0. The van der Waals surface area contributed by atoms with E-state index in [1.807, 2.05) is 44.7 Å². The van der Waals surface area contributed by atoms with Crippen LogP contribution < -0.4 is 5.32 Å². The van der Waals surface area contributed by atoms with Crippen LogP contribution in [0.25, 0.3) is 0 Å². The van der Waals surface area contributed by atoms with Crippen molar-refractivity contribution in [2.45, 2.75) is 117 Å². The van der Waals surface area contributed by atoms with Crippen molar-refractivity contribution in [1.82, 2.24) is 15.1 Å². The minimum absolute atomic E-state index is 0.0677. The first-order chi connectivity index (χ1) is 20.0. The first-order valence-corrected chi connectivity index (χ1v) is 15.8. The molecule has 0 aromatic heterocycles. The molecule has 4 aliphatic heterocycles. The lowest BCUT2D eigenvalue weighted by Crippen LogP contribution is -2.61. The minimum Gasteiger partial charge on any atom is -0.460 e. The summed E-state index contributed by atoms with van der Waals surface area (Å²) in [7, 11) is 0. The summed E-state index contributed by atoms with van der Waals surface area (Å²) in [5.74, 6) is -3.26. The summed E-state index contributed by atoms with van der Waals surface area (Å²) in [5.41, 5.74) is -2.05. The number of nitrogens with one attached hydrogen (secondary N) is 1. The number of rotatable bonds is 6. The maximum absolute atomic E-state index is 14.8. The zero-order chi connectivity index (χ0) is 31.9. The Hall–Kier alpha value is -2.72. The van der Waals surface area contributed by atoms with Crippen molar-refractivity contribution in [3.05, 3.63) is 24.3 Å². The number of aliphatic hydroxyl groups excluding tert-OH is 1. The van der Waals surface area contributed by atoms with Crippen LogP contribution in [0.1, 0.15) is 81.1 Å². The standard InChI is InChI=1S/C33H51N3O7/c1-20(2)16-22(18-37)36-27-29(40)35(32(7,8)19-31(4,5)6)15-11-14-33(27)26(28(36)39)25-23(43-33)12-9-10-13-24(38)34-17-21(3)42-30(25)41/h9,11-12,14,20-23,25-27,37H,10,13,15-19H2,1-8H3,(H,34,38)/b12-9-/t21-,22+,23-,25+,26+,27-,33+/m0/s1. The average Bonchev–Trinajstić information content (AvgIpc) is 3.26. The number of allylic oxidation sites excluding steroid dienone is 1. The third kappa shape index (κ3) is 6.55. The minimum atomic E-state index is -1.43. The Morgan fingerprint density at radius 1 is 1.09 bits per heavy atom. The van der Waals surface area contributed by atoms with Gasteiger partial charge < -0.3 is 29.7 Å². The van der Waals surface area contributed by atoms with Crippen LogP contribution in [0, 0.1) is 23.2 Å². The molecule has 2 fully saturated rings. The number of fused-ring (bicyclic) bond motifs is 2. The number of cyclic esters (lactones) is 1. The topological polar surface area (TPSA) is 125 Å². The van der Waals surface area contributed by atoms with E-state index in [-0.39, 0.29) is 48.6 Å². The van der Waals surface area contributed by atoms with Gasteiger partial charge >= 0.3 is 5.97 Å². The van der Waals surface area contributed by atoms with Crippen molar-refractivity contribution < 1.29 is 33.8 Å². The molecule has 1 spiro atoms. The normalized spacial score (nSPS) is 33.6. The predicted octanol–water partition coefficient (Wildman–Crippen LogP) is 2.99. The molecule has 0 bridgehead atoms. The molecule has 10 nitrogen and oxygen atoms in total. The van der Waals surface area contributed by atoms with Crippen LogP contribution in [0.5, 0.6) is 0 Å². The maximum atomic E-state index is 14.8. The van der Waals surface area contributed by atoms with Gasteiger partial charge in [-0.05, 0) is 51.4 Å². The van der Waals surface area contributed by atoms with E-state index in [4.69, 9.17) is 9.47 Å². The summed E-state index contributed by atoms with van der Waals surface area (Å²) >= 11 is 0. The summed E-state index contributed by atoms with van der Waals surface area (Å²) in [4.78, 5) is 58.8. The Bertz CT molecular complexity index is 1160. The summed E-state index contributed by atoms with van der Waals surface area (Å²) in [5, 5.41) is 13.4. The molecule has 43 heavy (non-hydrogen) atoms. The van der Waals surface area contributed by atoms with E-state index in [0.717, 1.165) is 6.42 Å². The lowest BCUT2D eigenvalue weighted by molar-refractivity contribution is -0.160. The molecule has 0 radical (unpaired) electrons.